The van der Waals surface area contributed by atoms with Crippen molar-refractivity contribution in [3.63, 3.8) is 0 Å². The van der Waals surface area contributed by atoms with Crippen molar-refractivity contribution in [2.75, 3.05) is 33.9 Å². The normalized spacial score (nSPS) is 17.9. The molecule has 1 aliphatic rings. The molecule has 1 heterocycles. The number of nitrogens with zero attached hydrogens (tertiary/aromatic N) is 2. The van der Waals surface area contributed by atoms with Crippen molar-refractivity contribution in [2.24, 2.45) is 4.99 Å². The van der Waals surface area contributed by atoms with Gasteiger partial charge in [0, 0.05) is 32.0 Å². The molecule has 0 saturated carbocycles. The first-order valence-electron chi connectivity index (χ1n) is 9.40. The second kappa shape index (κ2) is 9.26. The maximum atomic E-state index is 5.53. The van der Waals surface area contributed by atoms with Crippen LogP contribution in [-0.2, 0) is 6.42 Å². The molecule has 142 valence electrons. The molecule has 1 atom stereocenters. The van der Waals surface area contributed by atoms with E-state index in [2.05, 4.69) is 47.9 Å². The molecule has 2 aromatic carbocycles. The molecule has 4 heteroatoms. The van der Waals surface area contributed by atoms with Crippen LogP contribution in [0.15, 0.2) is 66.2 Å². The minimum atomic E-state index is 0.497. The summed E-state index contributed by atoms with van der Waals surface area (Å²) in [5, 5.41) is 0. The molecular formula is C23H28N2O2. The molecule has 0 radical (unpaired) electrons. The Hall–Kier alpha value is -2.75. The molecule has 1 fully saturated rings. The quantitative estimate of drug-likeness (QED) is 0.654. The lowest BCUT2D eigenvalue weighted by molar-refractivity contribution is 0.351. The molecule has 1 aliphatic heterocycles. The Bertz CT molecular complexity index is 786. The number of amidine groups is 1. The van der Waals surface area contributed by atoms with Crippen LogP contribution in [0.1, 0.15) is 23.5 Å². The van der Waals surface area contributed by atoms with Gasteiger partial charge >= 0.3 is 0 Å². The van der Waals surface area contributed by atoms with Crippen LogP contribution in [0.3, 0.4) is 0 Å². The minimum Gasteiger partial charge on any atom is -0.493 e. The van der Waals surface area contributed by atoms with Gasteiger partial charge in [0.1, 0.15) is 0 Å². The van der Waals surface area contributed by atoms with Gasteiger partial charge in [0.2, 0.25) is 0 Å². The van der Waals surface area contributed by atoms with Crippen molar-refractivity contribution in [3.8, 4) is 11.5 Å². The molecular weight excluding hydrogens is 336 g/mol. The molecule has 1 unspecified atom stereocenters. The van der Waals surface area contributed by atoms with Crippen LogP contribution in [0.4, 0.5) is 0 Å². The Morgan fingerprint density at radius 2 is 1.93 bits per heavy atom. The van der Waals surface area contributed by atoms with E-state index in [0.717, 1.165) is 49.5 Å². The van der Waals surface area contributed by atoms with Crippen molar-refractivity contribution in [2.45, 2.75) is 18.8 Å². The largest absolute Gasteiger partial charge is 0.493 e. The van der Waals surface area contributed by atoms with E-state index in [1.54, 1.807) is 14.2 Å². The van der Waals surface area contributed by atoms with Crippen molar-refractivity contribution < 1.29 is 9.47 Å². The molecule has 0 aliphatic carbocycles. The zero-order valence-electron chi connectivity index (χ0n) is 16.2. The van der Waals surface area contributed by atoms with E-state index >= 15 is 0 Å². The van der Waals surface area contributed by atoms with Gasteiger partial charge < -0.3 is 14.4 Å². The predicted molar refractivity (Wildman–Crippen MR) is 111 cm³/mol. The Labute approximate surface area is 162 Å². The zero-order chi connectivity index (χ0) is 19.1. The van der Waals surface area contributed by atoms with Crippen LogP contribution in [0, 0.1) is 0 Å². The Morgan fingerprint density at radius 3 is 2.63 bits per heavy atom. The standard InChI is InChI=1S/C23H28N2O2/c1-4-15-25-17-20(18-9-6-5-7-10-18)16-22(25)24-14-13-19-11-8-12-21(26-2)23(19)27-3/h4-12,20H,1,13-17H2,2-3H3. The number of aliphatic imine (C=N–C) groups is 1. The highest BCUT2D eigenvalue weighted by atomic mass is 16.5. The SMILES string of the molecule is C=CCN1CC(c2ccccc2)CC1=NCCc1cccc(OC)c1OC. The molecule has 0 amide bonds. The third-order valence-corrected chi connectivity index (χ3v) is 5.02. The molecule has 0 spiro atoms. The number of hydrogen-bond acceptors (Lipinski definition) is 3. The van der Waals surface area contributed by atoms with Crippen LogP contribution in [0.25, 0.3) is 0 Å². The van der Waals surface area contributed by atoms with Crippen LogP contribution in [-0.4, -0.2) is 44.6 Å². The third-order valence-electron chi connectivity index (χ3n) is 5.02. The van der Waals surface area contributed by atoms with Crippen LogP contribution >= 0.6 is 0 Å². The fourth-order valence-corrected chi connectivity index (χ4v) is 3.69. The van der Waals surface area contributed by atoms with Crippen LogP contribution in [0.5, 0.6) is 11.5 Å². The molecule has 3 rings (SSSR count). The highest BCUT2D eigenvalue weighted by molar-refractivity contribution is 5.85. The van der Waals surface area contributed by atoms with Gasteiger partial charge in [0.15, 0.2) is 11.5 Å². The van der Waals surface area contributed by atoms with Gasteiger partial charge in [-0.2, -0.15) is 0 Å². The van der Waals surface area contributed by atoms with Gasteiger partial charge in [-0.15, -0.1) is 6.58 Å². The highest BCUT2D eigenvalue weighted by Crippen LogP contribution is 2.31. The summed E-state index contributed by atoms with van der Waals surface area (Å²) >= 11 is 0. The minimum absolute atomic E-state index is 0.497. The maximum absolute atomic E-state index is 5.53. The summed E-state index contributed by atoms with van der Waals surface area (Å²) in [7, 11) is 3.35. The first-order chi connectivity index (χ1) is 13.3. The first kappa shape index (κ1) is 19.0. The number of ether oxygens (including phenoxy) is 2. The third kappa shape index (κ3) is 4.51. The number of hydrogen-bond donors (Lipinski definition) is 0. The van der Waals surface area contributed by atoms with E-state index in [1.807, 2.05) is 18.2 Å². The highest BCUT2D eigenvalue weighted by Gasteiger charge is 2.27. The summed E-state index contributed by atoms with van der Waals surface area (Å²) in [5.41, 5.74) is 2.50. The molecule has 0 N–H and O–H groups in total. The first-order valence-corrected chi connectivity index (χ1v) is 9.40. The van der Waals surface area contributed by atoms with Crippen LogP contribution in [0.2, 0.25) is 0 Å². The lowest BCUT2D eigenvalue weighted by Gasteiger charge is -2.17. The second-order valence-corrected chi connectivity index (χ2v) is 6.71. The molecule has 1 saturated heterocycles. The fourth-order valence-electron chi connectivity index (χ4n) is 3.69. The molecule has 0 bridgehead atoms. The fraction of sp³-hybridized carbons (Fsp3) is 0.348. The van der Waals surface area contributed by atoms with E-state index in [9.17, 15) is 0 Å². The summed E-state index contributed by atoms with van der Waals surface area (Å²) in [6.45, 7) is 6.46. The van der Waals surface area contributed by atoms with Gasteiger partial charge in [-0.05, 0) is 23.6 Å². The molecule has 27 heavy (non-hydrogen) atoms. The summed E-state index contributed by atoms with van der Waals surface area (Å²) < 4.78 is 10.9. The maximum Gasteiger partial charge on any atom is 0.163 e. The van der Waals surface area contributed by atoms with Crippen molar-refractivity contribution in [3.05, 3.63) is 72.3 Å². The Morgan fingerprint density at radius 1 is 1.11 bits per heavy atom. The summed E-state index contributed by atoms with van der Waals surface area (Å²) in [5.74, 6) is 3.24. The van der Waals surface area contributed by atoms with Gasteiger partial charge in [-0.1, -0.05) is 48.5 Å². The number of benzene rings is 2. The van der Waals surface area contributed by atoms with E-state index in [1.165, 1.54) is 11.4 Å². The molecule has 2 aromatic rings. The average Bonchev–Trinajstić information content (AvgIpc) is 3.11. The molecule has 4 nitrogen and oxygen atoms in total. The van der Waals surface area contributed by atoms with Gasteiger partial charge in [-0.25, -0.2) is 0 Å². The topological polar surface area (TPSA) is 34.1 Å². The van der Waals surface area contributed by atoms with Crippen LogP contribution < -0.4 is 9.47 Å². The summed E-state index contributed by atoms with van der Waals surface area (Å²) in [4.78, 5) is 7.26. The predicted octanol–water partition coefficient (Wildman–Crippen LogP) is 4.32. The van der Waals surface area contributed by atoms with Crippen molar-refractivity contribution >= 4 is 5.84 Å². The lowest BCUT2D eigenvalue weighted by Crippen LogP contribution is -2.25. The zero-order valence-corrected chi connectivity index (χ0v) is 16.2. The van der Waals surface area contributed by atoms with Crippen molar-refractivity contribution in [1.29, 1.82) is 0 Å². The van der Waals surface area contributed by atoms with E-state index in [-0.39, 0.29) is 0 Å². The number of para-hydroxylation sites is 1. The van der Waals surface area contributed by atoms with Crippen molar-refractivity contribution in [1.82, 2.24) is 4.90 Å². The van der Waals surface area contributed by atoms with Gasteiger partial charge in [0.05, 0.1) is 20.1 Å². The molecule has 0 aromatic heterocycles. The Kier molecular flexibility index (Phi) is 6.53. The summed E-state index contributed by atoms with van der Waals surface area (Å²) in [6.07, 6.45) is 3.75. The smallest absolute Gasteiger partial charge is 0.163 e. The van der Waals surface area contributed by atoms with E-state index < -0.39 is 0 Å². The number of rotatable bonds is 8. The Balaban J connectivity index is 1.71. The number of methoxy groups -OCH3 is 2. The van der Waals surface area contributed by atoms with Gasteiger partial charge in [0.25, 0.3) is 0 Å². The van der Waals surface area contributed by atoms with Gasteiger partial charge in [-0.3, -0.25) is 4.99 Å². The second-order valence-electron chi connectivity index (χ2n) is 6.71. The average molecular weight is 364 g/mol. The summed E-state index contributed by atoms with van der Waals surface area (Å²) in [6, 6.07) is 16.7. The monoisotopic (exact) mass is 364 g/mol. The van der Waals surface area contributed by atoms with E-state index in [0.29, 0.717) is 5.92 Å². The number of likely N-dealkylation sites (tertiary alicyclic amines) is 1. The van der Waals surface area contributed by atoms with E-state index in [4.69, 9.17) is 14.5 Å². The lowest BCUT2D eigenvalue weighted by atomic mass is 9.98.